The summed E-state index contributed by atoms with van der Waals surface area (Å²) in [5, 5.41) is 10.7. The molecule has 1 aromatic carbocycles. The molecule has 0 bridgehead atoms. The van der Waals surface area contributed by atoms with Gasteiger partial charge in [0.05, 0.1) is 11.5 Å². The Labute approximate surface area is 95.4 Å². The Morgan fingerprint density at radius 1 is 1.35 bits per heavy atom. The Hall–Kier alpha value is -1.59. The summed E-state index contributed by atoms with van der Waals surface area (Å²) in [6, 6.07) is 4.58. The Bertz CT molecular complexity index is 455. The van der Waals surface area contributed by atoms with Crippen LogP contribution in [-0.4, -0.2) is 10.5 Å². The van der Waals surface area contributed by atoms with E-state index in [0.717, 1.165) is 12.1 Å². The summed E-state index contributed by atoms with van der Waals surface area (Å²) in [6.07, 6.45) is -3.99. The van der Waals surface area contributed by atoms with E-state index in [2.05, 4.69) is 0 Å². The lowest BCUT2D eigenvalue weighted by Crippen LogP contribution is -2.18. The third-order valence-corrected chi connectivity index (χ3v) is 3.27. The monoisotopic (exact) mass is 245 g/mol. The molecule has 3 nitrogen and oxygen atoms in total. The Morgan fingerprint density at radius 2 is 1.88 bits per heavy atom. The van der Waals surface area contributed by atoms with Gasteiger partial charge in [0, 0.05) is 18.3 Å². The number of alkyl halides is 3. The SMILES string of the molecule is CC1([N+](=O)[O-])CC1c1ccc(C(F)(F)F)cc1. The number of rotatable bonds is 2. The van der Waals surface area contributed by atoms with Gasteiger partial charge in [-0.1, -0.05) is 12.1 Å². The lowest BCUT2D eigenvalue weighted by molar-refractivity contribution is -0.535. The first-order valence-corrected chi connectivity index (χ1v) is 5.07. The van der Waals surface area contributed by atoms with Crippen molar-refractivity contribution in [2.75, 3.05) is 0 Å². The summed E-state index contributed by atoms with van der Waals surface area (Å²) in [7, 11) is 0. The molecule has 2 rings (SSSR count). The van der Waals surface area contributed by atoms with Crippen molar-refractivity contribution in [3.05, 3.63) is 45.5 Å². The predicted molar refractivity (Wildman–Crippen MR) is 54.2 cm³/mol. The van der Waals surface area contributed by atoms with Gasteiger partial charge in [0.2, 0.25) is 5.54 Å². The quantitative estimate of drug-likeness (QED) is 0.593. The first-order chi connectivity index (χ1) is 7.75. The summed E-state index contributed by atoms with van der Waals surface area (Å²) >= 11 is 0. The fraction of sp³-hybridized carbons (Fsp3) is 0.455. The number of nitro groups is 1. The van der Waals surface area contributed by atoms with Crippen LogP contribution in [0.15, 0.2) is 24.3 Å². The molecule has 0 spiro atoms. The highest BCUT2D eigenvalue weighted by Gasteiger charge is 2.62. The molecule has 0 aromatic heterocycles. The van der Waals surface area contributed by atoms with E-state index in [-0.39, 0.29) is 10.8 Å². The van der Waals surface area contributed by atoms with Gasteiger partial charge in [-0.3, -0.25) is 10.1 Å². The van der Waals surface area contributed by atoms with Gasteiger partial charge in [0.1, 0.15) is 0 Å². The maximum absolute atomic E-state index is 12.3. The van der Waals surface area contributed by atoms with Crippen LogP contribution in [0.1, 0.15) is 30.4 Å². The minimum atomic E-state index is -4.37. The zero-order chi connectivity index (χ0) is 12.8. The largest absolute Gasteiger partial charge is 0.416 e. The topological polar surface area (TPSA) is 43.1 Å². The summed E-state index contributed by atoms with van der Waals surface area (Å²) in [5.41, 5.74) is -1.15. The molecule has 1 aliphatic carbocycles. The van der Waals surface area contributed by atoms with Crippen molar-refractivity contribution < 1.29 is 18.1 Å². The molecule has 0 aliphatic heterocycles. The smallest absolute Gasteiger partial charge is 0.264 e. The molecule has 6 heteroatoms. The molecular weight excluding hydrogens is 235 g/mol. The van der Waals surface area contributed by atoms with E-state index in [0.29, 0.717) is 12.0 Å². The third-order valence-electron chi connectivity index (χ3n) is 3.27. The van der Waals surface area contributed by atoms with Gasteiger partial charge in [0.25, 0.3) is 0 Å². The molecule has 0 radical (unpaired) electrons. The number of hydrogen-bond acceptors (Lipinski definition) is 2. The van der Waals surface area contributed by atoms with E-state index in [1.165, 1.54) is 19.1 Å². The second kappa shape index (κ2) is 3.45. The van der Waals surface area contributed by atoms with E-state index in [1.54, 1.807) is 0 Å². The van der Waals surface area contributed by atoms with Gasteiger partial charge in [-0.15, -0.1) is 0 Å². The first kappa shape index (κ1) is 11.9. The molecule has 0 N–H and O–H groups in total. The normalized spacial score (nSPS) is 27.9. The van der Waals surface area contributed by atoms with Gasteiger partial charge >= 0.3 is 6.18 Å². The molecule has 1 aromatic rings. The minimum absolute atomic E-state index is 0.278. The summed E-state index contributed by atoms with van der Waals surface area (Å²) in [6.45, 7) is 1.51. The fourth-order valence-electron chi connectivity index (χ4n) is 1.94. The Kier molecular flexibility index (Phi) is 2.41. The van der Waals surface area contributed by atoms with Gasteiger partial charge in [-0.2, -0.15) is 13.2 Å². The highest BCUT2D eigenvalue weighted by molar-refractivity contribution is 5.33. The zero-order valence-electron chi connectivity index (χ0n) is 8.99. The van der Waals surface area contributed by atoms with Crippen LogP contribution in [0.2, 0.25) is 0 Å². The van der Waals surface area contributed by atoms with Crippen molar-refractivity contribution in [3.63, 3.8) is 0 Å². The highest BCUT2D eigenvalue weighted by Crippen LogP contribution is 2.53. The van der Waals surface area contributed by atoms with Crippen LogP contribution in [-0.2, 0) is 6.18 Å². The van der Waals surface area contributed by atoms with Gasteiger partial charge in [0.15, 0.2) is 0 Å². The molecule has 0 heterocycles. The maximum Gasteiger partial charge on any atom is 0.416 e. The lowest BCUT2D eigenvalue weighted by Gasteiger charge is -2.07. The predicted octanol–water partition coefficient (Wildman–Crippen LogP) is 3.23. The summed E-state index contributed by atoms with van der Waals surface area (Å²) in [5.74, 6) is -0.278. The van der Waals surface area contributed by atoms with Crippen LogP contribution in [0.5, 0.6) is 0 Å². The Balaban J connectivity index is 2.19. The molecule has 1 aliphatic rings. The zero-order valence-corrected chi connectivity index (χ0v) is 8.99. The van der Waals surface area contributed by atoms with Crippen LogP contribution >= 0.6 is 0 Å². The molecule has 1 fully saturated rings. The molecule has 0 saturated heterocycles. The fourth-order valence-corrected chi connectivity index (χ4v) is 1.94. The van der Waals surface area contributed by atoms with Crippen LogP contribution in [0.3, 0.4) is 0 Å². The van der Waals surface area contributed by atoms with Crippen molar-refractivity contribution in [2.45, 2.75) is 31.0 Å². The molecule has 1 saturated carbocycles. The van der Waals surface area contributed by atoms with Gasteiger partial charge in [-0.25, -0.2) is 0 Å². The van der Waals surface area contributed by atoms with E-state index in [9.17, 15) is 23.3 Å². The Morgan fingerprint density at radius 3 is 2.24 bits per heavy atom. The van der Waals surface area contributed by atoms with E-state index >= 15 is 0 Å². The average molecular weight is 245 g/mol. The van der Waals surface area contributed by atoms with Gasteiger partial charge < -0.3 is 0 Å². The number of nitrogens with zero attached hydrogens (tertiary/aromatic N) is 1. The number of benzene rings is 1. The van der Waals surface area contributed by atoms with Crippen molar-refractivity contribution in [1.29, 1.82) is 0 Å². The first-order valence-electron chi connectivity index (χ1n) is 5.07. The molecule has 0 amide bonds. The molecule has 2 atom stereocenters. The standard InChI is InChI=1S/C11H10F3NO2/c1-10(15(16)17)6-9(10)7-2-4-8(5-3-7)11(12,13)14/h2-5,9H,6H2,1H3. The lowest BCUT2D eigenvalue weighted by atomic mass is 10.1. The second-order valence-corrected chi connectivity index (χ2v) is 4.49. The van der Waals surface area contributed by atoms with Crippen molar-refractivity contribution in [2.24, 2.45) is 0 Å². The molecular formula is C11H10F3NO2. The van der Waals surface area contributed by atoms with Crippen LogP contribution < -0.4 is 0 Å². The van der Waals surface area contributed by atoms with E-state index < -0.39 is 17.3 Å². The average Bonchev–Trinajstić information content (AvgIpc) is 2.91. The minimum Gasteiger partial charge on any atom is -0.264 e. The molecule has 2 unspecified atom stereocenters. The van der Waals surface area contributed by atoms with E-state index in [1.807, 2.05) is 0 Å². The van der Waals surface area contributed by atoms with Gasteiger partial charge in [-0.05, 0) is 17.7 Å². The molecule has 17 heavy (non-hydrogen) atoms. The maximum atomic E-state index is 12.3. The van der Waals surface area contributed by atoms with Crippen LogP contribution in [0.25, 0.3) is 0 Å². The number of hydrogen-bond donors (Lipinski definition) is 0. The van der Waals surface area contributed by atoms with E-state index in [4.69, 9.17) is 0 Å². The van der Waals surface area contributed by atoms with Crippen molar-refractivity contribution >= 4 is 0 Å². The third kappa shape index (κ3) is 1.99. The second-order valence-electron chi connectivity index (χ2n) is 4.49. The summed E-state index contributed by atoms with van der Waals surface area (Å²) < 4.78 is 36.9. The van der Waals surface area contributed by atoms with Crippen LogP contribution in [0, 0.1) is 10.1 Å². The van der Waals surface area contributed by atoms with Crippen molar-refractivity contribution in [3.8, 4) is 0 Å². The highest BCUT2D eigenvalue weighted by atomic mass is 19.4. The summed E-state index contributed by atoms with van der Waals surface area (Å²) in [4.78, 5) is 10.4. The van der Waals surface area contributed by atoms with Crippen molar-refractivity contribution in [1.82, 2.24) is 0 Å². The number of halogens is 3. The van der Waals surface area contributed by atoms with Crippen LogP contribution in [0.4, 0.5) is 13.2 Å². The molecule has 92 valence electrons.